The van der Waals surface area contributed by atoms with Gasteiger partial charge in [-0.3, -0.25) is 9.59 Å². The lowest BCUT2D eigenvalue weighted by Crippen LogP contribution is -2.26. The lowest BCUT2D eigenvalue weighted by Gasteiger charge is -2.14. The second kappa shape index (κ2) is 8.72. The first-order valence-corrected chi connectivity index (χ1v) is 10.7. The lowest BCUT2D eigenvalue weighted by molar-refractivity contribution is 0.100. The molecule has 2 aromatic rings. The normalized spacial score (nSPS) is 13.5. The van der Waals surface area contributed by atoms with Gasteiger partial charge in [-0.1, -0.05) is 6.07 Å². The number of amides is 2. The maximum absolute atomic E-state index is 12.7. The number of hydrogen-bond acceptors (Lipinski definition) is 6. The fourth-order valence-corrected chi connectivity index (χ4v) is 3.98. The van der Waals surface area contributed by atoms with Gasteiger partial charge >= 0.3 is 0 Å². The van der Waals surface area contributed by atoms with Crippen molar-refractivity contribution in [2.45, 2.75) is 17.7 Å². The number of hydrogen-bond donors (Lipinski definition) is 3. The second-order valence-corrected chi connectivity index (χ2v) is 8.66. The summed E-state index contributed by atoms with van der Waals surface area (Å²) in [5.41, 5.74) is 5.66. The number of nitrogens with two attached hydrogens (primary N) is 1. The fourth-order valence-electron chi connectivity index (χ4n) is 2.82. The zero-order valence-corrected chi connectivity index (χ0v) is 17.4. The Morgan fingerprint density at radius 3 is 2.37 bits per heavy atom. The third kappa shape index (κ3) is 4.89. The summed E-state index contributed by atoms with van der Waals surface area (Å²) in [6.45, 7) is 0.381. The highest BCUT2D eigenvalue weighted by Crippen LogP contribution is 2.33. The standard InChI is InChI=1S/C20H23N3O6S/c1-28-17-9-15(19(21)24)16(10-18(17)29-2)23-20(25)13-4-3-5-14(8-13)30(26,27)22-11-12-6-7-12/h3-5,8-10,12,22H,6-7,11H2,1-2H3,(H2,21,24)(H,23,25). The molecule has 0 atom stereocenters. The Bertz CT molecular complexity index is 1080. The van der Waals surface area contributed by atoms with Crippen molar-refractivity contribution in [3.8, 4) is 11.5 Å². The molecule has 0 aliphatic heterocycles. The Hall–Kier alpha value is -3.11. The molecule has 0 bridgehead atoms. The molecule has 0 spiro atoms. The number of rotatable bonds is 9. The van der Waals surface area contributed by atoms with Crippen molar-refractivity contribution in [1.82, 2.24) is 4.72 Å². The summed E-state index contributed by atoms with van der Waals surface area (Å²) in [6, 6.07) is 8.41. The van der Waals surface area contributed by atoms with Gasteiger partial charge in [0.25, 0.3) is 11.8 Å². The molecule has 2 aromatic carbocycles. The molecule has 0 radical (unpaired) electrons. The number of sulfonamides is 1. The Balaban J connectivity index is 1.86. The molecule has 160 valence electrons. The van der Waals surface area contributed by atoms with Gasteiger partial charge in [0.1, 0.15) is 0 Å². The maximum Gasteiger partial charge on any atom is 0.255 e. The average Bonchev–Trinajstić information content (AvgIpc) is 3.56. The van der Waals surface area contributed by atoms with Crippen LogP contribution >= 0.6 is 0 Å². The van der Waals surface area contributed by atoms with E-state index in [0.29, 0.717) is 18.2 Å². The largest absolute Gasteiger partial charge is 0.493 e. The predicted octanol–water partition coefficient (Wildman–Crippen LogP) is 1.74. The number of carbonyl (C=O) groups is 2. The van der Waals surface area contributed by atoms with Crippen LogP contribution in [0.15, 0.2) is 41.3 Å². The van der Waals surface area contributed by atoms with Crippen molar-refractivity contribution in [1.29, 1.82) is 0 Å². The van der Waals surface area contributed by atoms with Crippen LogP contribution in [0, 0.1) is 5.92 Å². The SMILES string of the molecule is COc1cc(NC(=O)c2cccc(S(=O)(=O)NCC3CC3)c2)c(C(N)=O)cc1OC. The lowest BCUT2D eigenvalue weighted by atomic mass is 10.1. The van der Waals surface area contributed by atoms with Crippen LogP contribution in [0.2, 0.25) is 0 Å². The van der Waals surface area contributed by atoms with E-state index in [0.717, 1.165) is 12.8 Å². The van der Waals surface area contributed by atoms with Crippen molar-refractivity contribution in [2.24, 2.45) is 11.7 Å². The van der Waals surface area contributed by atoms with Crippen molar-refractivity contribution in [2.75, 3.05) is 26.1 Å². The van der Waals surface area contributed by atoms with Crippen LogP contribution < -0.4 is 25.2 Å². The van der Waals surface area contributed by atoms with Gasteiger partial charge in [0.05, 0.1) is 30.4 Å². The minimum atomic E-state index is -3.73. The molecule has 4 N–H and O–H groups in total. The molecule has 1 aliphatic rings. The van der Waals surface area contributed by atoms with Crippen LogP contribution in [-0.2, 0) is 10.0 Å². The van der Waals surface area contributed by atoms with E-state index >= 15 is 0 Å². The number of primary amides is 1. The second-order valence-electron chi connectivity index (χ2n) is 6.89. The first-order chi connectivity index (χ1) is 14.2. The van der Waals surface area contributed by atoms with Crippen molar-refractivity contribution in [3.05, 3.63) is 47.5 Å². The van der Waals surface area contributed by atoms with Gasteiger partial charge in [0.2, 0.25) is 10.0 Å². The first kappa shape index (κ1) is 21.6. The molecular weight excluding hydrogens is 410 g/mol. The molecule has 3 rings (SSSR count). The number of benzene rings is 2. The molecule has 1 saturated carbocycles. The molecule has 9 nitrogen and oxygen atoms in total. The zero-order chi connectivity index (χ0) is 21.9. The number of methoxy groups -OCH3 is 2. The van der Waals surface area contributed by atoms with E-state index in [1.54, 1.807) is 0 Å². The average molecular weight is 433 g/mol. The number of nitrogens with one attached hydrogen (secondary N) is 2. The fraction of sp³-hybridized carbons (Fsp3) is 0.300. The summed E-state index contributed by atoms with van der Waals surface area (Å²) in [7, 11) is -0.906. The summed E-state index contributed by atoms with van der Waals surface area (Å²) >= 11 is 0. The van der Waals surface area contributed by atoms with E-state index in [9.17, 15) is 18.0 Å². The molecule has 1 aliphatic carbocycles. The highest BCUT2D eigenvalue weighted by Gasteiger charge is 2.25. The van der Waals surface area contributed by atoms with Gasteiger partial charge in [-0.2, -0.15) is 0 Å². The van der Waals surface area contributed by atoms with Crippen molar-refractivity contribution < 1.29 is 27.5 Å². The number of carbonyl (C=O) groups excluding carboxylic acids is 2. The van der Waals surface area contributed by atoms with E-state index in [-0.39, 0.29) is 27.5 Å². The van der Waals surface area contributed by atoms with Gasteiger partial charge in [0, 0.05) is 18.2 Å². The third-order valence-electron chi connectivity index (χ3n) is 4.70. The molecule has 30 heavy (non-hydrogen) atoms. The Morgan fingerprint density at radius 2 is 1.77 bits per heavy atom. The van der Waals surface area contributed by atoms with Crippen LogP contribution in [0.3, 0.4) is 0 Å². The monoisotopic (exact) mass is 433 g/mol. The van der Waals surface area contributed by atoms with Crippen LogP contribution in [0.1, 0.15) is 33.6 Å². The van der Waals surface area contributed by atoms with Gasteiger partial charge in [0.15, 0.2) is 11.5 Å². The van der Waals surface area contributed by atoms with Crippen LogP contribution in [0.5, 0.6) is 11.5 Å². The number of ether oxygens (including phenoxy) is 2. The third-order valence-corrected chi connectivity index (χ3v) is 6.12. The highest BCUT2D eigenvalue weighted by molar-refractivity contribution is 7.89. The Morgan fingerprint density at radius 1 is 1.10 bits per heavy atom. The van der Waals surface area contributed by atoms with E-state index in [2.05, 4.69) is 10.0 Å². The van der Waals surface area contributed by atoms with Crippen LogP contribution in [0.25, 0.3) is 0 Å². The van der Waals surface area contributed by atoms with Gasteiger partial charge in [-0.05, 0) is 43.0 Å². The minimum Gasteiger partial charge on any atom is -0.493 e. The summed E-state index contributed by atoms with van der Waals surface area (Å²) in [5, 5.41) is 2.58. The van der Waals surface area contributed by atoms with Crippen LogP contribution in [0.4, 0.5) is 5.69 Å². The Labute approximate surface area is 174 Å². The summed E-state index contributed by atoms with van der Waals surface area (Å²) in [4.78, 5) is 24.5. The summed E-state index contributed by atoms with van der Waals surface area (Å²) in [6.07, 6.45) is 2.02. The zero-order valence-electron chi connectivity index (χ0n) is 16.6. The molecule has 2 amide bonds. The van der Waals surface area contributed by atoms with E-state index in [4.69, 9.17) is 15.2 Å². The van der Waals surface area contributed by atoms with Crippen molar-refractivity contribution >= 4 is 27.5 Å². The molecule has 0 unspecified atom stereocenters. The molecular formula is C20H23N3O6S. The van der Waals surface area contributed by atoms with E-state index < -0.39 is 21.8 Å². The van der Waals surface area contributed by atoms with E-state index in [1.807, 2.05) is 0 Å². The smallest absolute Gasteiger partial charge is 0.255 e. The molecule has 0 heterocycles. The maximum atomic E-state index is 12.7. The van der Waals surface area contributed by atoms with Gasteiger partial charge in [-0.25, -0.2) is 13.1 Å². The molecule has 0 aromatic heterocycles. The first-order valence-electron chi connectivity index (χ1n) is 9.22. The molecule has 0 saturated heterocycles. The van der Waals surface area contributed by atoms with Crippen molar-refractivity contribution in [3.63, 3.8) is 0 Å². The van der Waals surface area contributed by atoms with Gasteiger partial charge < -0.3 is 20.5 Å². The predicted molar refractivity (Wildman–Crippen MR) is 110 cm³/mol. The minimum absolute atomic E-state index is 0.0155. The van der Waals surface area contributed by atoms with E-state index in [1.165, 1.54) is 50.6 Å². The summed E-state index contributed by atoms with van der Waals surface area (Å²) < 4.78 is 37.8. The number of anilines is 1. The molecule has 1 fully saturated rings. The van der Waals surface area contributed by atoms with Crippen LogP contribution in [-0.4, -0.2) is 41.0 Å². The Kier molecular flexibility index (Phi) is 6.28. The molecule has 10 heteroatoms. The topological polar surface area (TPSA) is 137 Å². The quantitative estimate of drug-likeness (QED) is 0.551. The summed E-state index contributed by atoms with van der Waals surface area (Å²) in [5.74, 6) is -0.433. The van der Waals surface area contributed by atoms with Gasteiger partial charge in [-0.15, -0.1) is 0 Å². The highest BCUT2D eigenvalue weighted by atomic mass is 32.2.